The molecule has 19 heavy (non-hydrogen) atoms. The molecule has 1 aliphatic rings. The van der Waals surface area contributed by atoms with Gasteiger partial charge in [-0.2, -0.15) is 0 Å². The third-order valence-electron chi connectivity index (χ3n) is 3.06. The van der Waals surface area contributed by atoms with Crippen LogP contribution in [-0.4, -0.2) is 16.6 Å². The normalized spacial score (nSPS) is 13.7. The third-order valence-corrected chi connectivity index (χ3v) is 4.27. The third kappa shape index (κ3) is 2.79. The molecule has 2 heterocycles. The number of aromatic nitrogens is 1. The van der Waals surface area contributed by atoms with E-state index in [4.69, 9.17) is 0 Å². The molecule has 1 aromatic carbocycles. The van der Waals surface area contributed by atoms with Crippen molar-refractivity contribution in [2.75, 3.05) is 11.1 Å². The van der Waals surface area contributed by atoms with Gasteiger partial charge in [0.1, 0.15) is 5.69 Å². The zero-order valence-corrected chi connectivity index (χ0v) is 11.2. The van der Waals surface area contributed by atoms with E-state index in [0.717, 1.165) is 12.1 Å². The SMILES string of the molecule is O=C(Nc1ccc2c(c1)CCCS2)c1ccccn1. The first-order chi connectivity index (χ1) is 9.33. The number of rotatable bonds is 2. The Hall–Kier alpha value is -1.81. The Labute approximate surface area is 116 Å². The van der Waals surface area contributed by atoms with Crippen molar-refractivity contribution in [3.8, 4) is 0 Å². The predicted molar refractivity (Wildman–Crippen MR) is 77.7 cm³/mol. The van der Waals surface area contributed by atoms with Crippen LogP contribution in [-0.2, 0) is 6.42 Å². The van der Waals surface area contributed by atoms with Gasteiger partial charge in [-0.3, -0.25) is 9.78 Å². The molecule has 0 bridgehead atoms. The summed E-state index contributed by atoms with van der Waals surface area (Å²) in [5.74, 6) is 1.02. The van der Waals surface area contributed by atoms with Crippen LogP contribution in [0.3, 0.4) is 0 Å². The Morgan fingerprint density at radius 1 is 1.26 bits per heavy atom. The van der Waals surface area contributed by atoms with E-state index in [1.165, 1.54) is 22.6 Å². The summed E-state index contributed by atoms with van der Waals surface area (Å²) in [5, 5.41) is 2.90. The fourth-order valence-corrected chi connectivity index (χ4v) is 3.15. The number of nitrogens with one attached hydrogen (secondary N) is 1. The number of aryl methyl sites for hydroxylation is 1. The van der Waals surface area contributed by atoms with E-state index < -0.39 is 0 Å². The highest BCUT2D eigenvalue weighted by Crippen LogP contribution is 2.31. The van der Waals surface area contributed by atoms with Crippen molar-refractivity contribution in [1.82, 2.24) is 4.98 Å². The summed E-state index contributed by atoms with van der Waals surface area (Å²) in [6, 6.07) is 11.4. The Kier molecular flexibility index (Phi) is 3.51. The highest BCUT2D eigenvalue weighted by Gasteiger charge is 2.12. The van der Waals surface area contributed by atoms with Gasteiger partial charge in [-0.1, -0.05) is 6.07 Å². The molecule has 1 aromatic heterocycles. The van der Waals surface area contributed by atoms with Gasteiger partial charge in [0.15, 0.2) is 0 Å². The van der Waals surface area contributed by atoms with Crippen LogP contribution in [0.2, 0.25) is 0 Å². The Balaban J connectivity index is 1.78. The number of fused-ring (bicyclic) bond motifs is 1. The van der Waals surface area contributed by atoms with Crippen LogP contribution in [0.4, 0.5) is 5.69 Å². The van der Waals surface area contributed by atoms with Gasteiger partial charge in [0.2, 0.25) is 0 Å². The summed E-state index contributed by atoms with van der Waals surface area (Å²) in [7, 11) is 0. The average Bonchev–Trinajstić information content (AvgIpc) is 2.48. The summed E-state index contributed by atoms with van der Waals surface area (Å²) < 4.78 is 0. The van der Waals surface area contributed by atoms with Gasteiger partial charge in [0.25, 0.3) is 5.91 Å². The molecule has 0 saturated carbocycles. The Morgan fingerprint density at radius 2 is 2.21 bits per heavy atom. The highest BCUT2D eigenvalue weighted by atomic mass is 32.2. The quantitative estimate of drug-likeness (QED) is 0.909. The lowest BCUT2D eigenvalue weighted by molar-refractivity contribution is 0.102. The molecule has 3 rings (SSSR count). The number of amides is 1. The minimum atomic E-state index is -0.163. The second-order valence-electron chi connectivity index (χ2n) is 4.44. The maximum Gasteiger partial charge on any atom is 0.274 e. The zero-order valence-electron chi connectivity index (χ0n) is 10.4. The summed E-state index contributed by atoms with van der Waals surface area (Å²) in [5.41, 5.74) is 2.61. The number of pyridine rings is 1. The summed E-state index contributed by atoms with van der Waals surface area (Å²) >= 11 is 1.89. The molecule has 1 N–H and O–H groups in total. The van der Waals surface area contributed by atoms with Crippen LogP contribution in [0.25, 0.3) is 0 Å². The van der Waals surface area contributed by atoms with Gasteiger partial charge in [-0.05, 0) is 54.5 Å². The smallest absolute Gasteiger partial charge is 0.274 e. The van der Waals surface area contributed by atoms with E-state index in [9.17, 15) is 4.79 Å². The molecular weight excluding hydrogens is 256 g/mol. The van der Waals surface area contributed by atoms with Gasteiger partial charge in [-0.25, -0.2) is 0 Å². The lowest BCUT2D eigenvalue weighted by Gasteiger charge is -2.16. The van der Waals surface area contributed by atoms with Crippen LogP contribution in [0.1, 0.15) is 22.5 Å². The number of hydrogen-bond acceptors (Lipinski definition) is 3. The first-order valence-electron chi connectivity index (χ1n) is 6.31. The van der Waals surface area contributed by atoms with Gasteiger partial charge in [0, 0.05) is 16.8 Å². The topological polar surface area (TPSA) is 42.0 Å². The molecule has 3 nitrogen and oxygen atoms in total. The number of carbonyl (C=O) groups excluding carboxylic acids is 1. The maximum atomic E-state index is 12.0. The second kappa shape index (κ2) is 5.45. The summed E-state index contributed by atoms with van der Waals surface area (Å²) in [4.78, 5) is 17.4. The average molecular weight is 270 g/mol. The maximum absolute atomic E-state index is 12.0. The van der Waals surface area contributed by atoms with Crippen molar-refractivity contribution in [1.29, 1.82) is 0 Å². The molecule has 1 aliphatic heterocycles. The van der Waals surface area contributed by atoms with Gasteiger partial charge >= 0.3 is 0 Å². The molecule has 0 saturated heterocycles. The highest BCUT2D eigenvalue weighted by molar-refractivity contribution is 7.99. The fraction of sp³-hybridized carbons (Fsp3) is 0.200. The molecule has 4 heteroatoms. The minimum absolute atomic E-state index is 0.163. The number of carbonyl (C=O) groups is 1. The lowest BCUT2D eigenvalue weighted by Crippen LogP contribution is -2.13. The largest absolute Gasteiger partial charge is 0.321 e. The van der Waals surface area contributed by atoms with E-state index in [0.29, 0.717) is 5.69 Å². The van der Waals surface area contributed by atoms with E-state index in [1.54, 1.807) is 18.3 Å². The number of benzene rings is 1. The number of nitrogens with zero attached hydrogens (tertiary/aromatic N) is 1. The molecule has 0 aliphatic carbocycles. The molecule has 2 aromatic rings. The van der Waals surface area contributed by atoms with Crippen LogP contribution >= 0.6 is 11.8 Å². The predicted octanol–water partition coefficient (Wildman–Crippen LogP) is 3.37. The fourth-order valence-electron chi connectivity index (χ4n) is 2.13. The molecule has 0 radical (unpaired) electrons. The number of hydrogen-bond donors (Lipinski definition) is 1. The Bertz CT molecular complexity index is 598. The van der Waals surface area contributed by atoms with E-state index in [2.05, 4.69) is 22.4 Å². The van der Waals surface area contributed by atoms with Gasteiger partial charge in [0.05, 0.1) is 0 Å². The molecule has 0 fully saturated rings. The van der Waals surface area contributed by atoms with Crippen LogP contribution in [0, 0.1) is 0 Å². The number of thioether (sulfide) groups is 1. The Morgan fingerprint density at radius 3 is 3.05 bits per heavy atom. The first kappa shape index (κ1) is 12.2. The lowest BCUT2D eigenvalue weighted by atomic mass is 10.1. The van der Waals surface area contributed by atoms with Crippen LogP contribution in [0.15, 0.2) is 47.5 Å². The van der Waals surface area contributed by atoms with E-state index in [-0.39, 0.29) is 5.91 Å². The summed E-state index contributed by atoms with van der Waals surface area (Å²) in [6.45, 7) is 0. The molecule has 0 spiro atoms. The second-order valence-corrected chi connectivity index (χ2v) is 5.58. The molecule has 0 unspecified atom stereocenters. The van der Waals surface area contributed by atoms with Crippen LogP contribution < -0.4 is 5.32 Å². The van der Waals surface area contributed by atoms with Crippen molar-refractivity contribution < 1.29 is 4.79 Å². The number of anilines is 1. The standard InChI is InChI=1S/C15H14N2OS/c18-15(13-5-1-2-8-16-13)17-12-6-7-14-11(10-12)4-3-9-19-14/h1-2,5-8,10H,3-4,9H2,(H,17,18). The van der Waals surface area contributed by atoms with Crippen molar-refractivity contribution in [2.45, 2.75) is 17.7 Å². The monoisotopic (exact) mass is 270 g/mol. The van der Waals surface area contributed by atoms with Crippen molar-refractivity contribution in [3.05, 3.63) is 53.9 Å². The zero-order chi connectivity index (χ0) is 13.1. The minimum Gasteiger partial charge on any atom is -0.321 e. The molecular formula is C15H14N2OS. The van der Waals surface area contributed by atoms with Crippen molar-refractivity contribution in [3.63, 3.8) is 0 Å². The summed E-state index contributed by atoms with van der Waals surface area (Å²) in [6.07, 6.45) is 3.92. The van der Waals surface area contributed by atoms with E-state index in [1.807, 2.05) is 23.9 Å². The molecule has 96 valence electrons. The van der Waals surface area contributed by atoms with Crippen LogP contribution in [0.5, 0.6) is 0 Å². The molecule has 0 atom stereocenters. The van der Waals surface area contributed by atoms with E-state index >= 15 is 0 Å². The van der Waals surface area contributed by atoms with Crippen molar-refractivity contribution >= 4 is 23.4 Å². The van der Waals surface area contributed by atoms with Crippen molar-refractivity contribution in [2.24, 2.45) is 0 Å². The van der Waals surface area contributed by atoms with Gasteiger partial charge in [-0.15, -0.1) is 11.8 Å². The molecule has 1 amide bonds. The first-order valence-corrected chi connectivity index (χ1v) is 7.29. The van der Waals surface area contributed by atoms with Gasteiger partial charge < -0.3 is 5.32 Å².